The monoisotopic (exact) mass is 365 g/mol. The maximum Gasteiger partial charge on any atom is 0.343 e. The van der Waals surface area contributed by atoms with Gasteiger partial charge in [-0.3, -0.25) is 4.79 Å². The van der Waals surface area contributed by atoms with Gasteiger partial charge in [0.25, 0.3) is 0 Å². The maximum atomic E-state index is 12.8. The standard InChI is InChI=1S/C22H23NO4/c1-14(24)17(13-23(2)3)19(15-9-5-4-6-10-15)20-21(25)16-11-7-8-12-18(16)27-22(20)26/h4-12,17,19,25H,13H2,1-3H3. The lowest BCUT2D eigenvalue weighted by Crippen LogP contribution is -2.34. The number of benzene rings is 2. The summed E-state index contributed by atoms with van der Waals surface area (Å²) in [6.07, 6.45) is 0. The molecule has 0 fully saturated rings. The molecule has 0 amide bonds. The Labute approximate surface area is 157 Å². The van der Waals surface area contributed by atoms with Crippen LogP contribution in [-0.4, -0.2) is 36.4 Å². The minimum absolute atomic E-state index is 0.0514. The number of carbonyl (C=O) groups excluding carboxylic acids is 1. The normalized spacial score (nSPS) is 13.6. The zero-order valence-corrected chi connectivity index (χ0v) is 15.7. The van der Waals surface area contributed by atoms with Crippen molar-refractivity contribution in [3.8, 4) is 5.75 Å². The van der Waals surface area contributed by atoms with Crippen molar-refractivity contribution in [2.45, 2.75) is 12.8 Å². The van der Waals surface area contributed by atoms with E-state index in [9.17, 15) is 14.7 Å². The van der Waals surface area contributed by atoms with Gasteiger partial charge in [0.2, 0.25) is 0 Å². The first-order valence-electron chi connectivity index (χ1n) is 8.85. The van der Waals surface area contributed by atoms with Crippen LogP contribution in [0.1, 0.15) is 24.0 Å². The number of rotatable bonds is 6. The van der Waals surface area contributed by atoms with Crippen LogP contribution in [0.4, 0.5) is 0 Å². The predicted molar refractivity (Wildman–Crippen MR) is 105 cm³/mol. The molecule has 0 spiro atoms. The zero-order chi connectivity index (χ0) is 19.6. The summed E-state index contributed by atoms with van der Waals surface area (Å²) in [5, 5.41) is 11.4. The molecule has 27 heavy (non-hydrogen) atoms. The highest BCUT2D eigenvalue weighted by atomic mass is 16.4. The van der Waals surface area contributed by atoms with Gasteiger partial charge in [0, 0.05) is 18.4 Å². The Balaban J connectivity index is 2.30. The van der Waals surface area contributed by atoms with E-state index in [0.717, 1.165) is 5.56 Å². The van der Waals surface area contributed by atoms with Crippen molar-refractivity contribution in [1.82, 2.24) is 4.90 Å². The third-order valence-electron chi connectivity index (χ3n) is 4.78. The van der Waals surface area contributed by atoms with Gasteiger partial charge in [0.05, 0.1) is 10.9 Å². The molecule has 2 aromatic carbocycles. The molecule has 0 aliphatic heterocycles. The van der Waals surface area contributed by atoms with Crippen LogP contribution in [0, 0.1) is 5.92 Å². The molecule has 0 bridgehead atoms. The SMILES string of the molecule is CC(=O)C(CN(C)C)C(c1ccccc1)c1c(O)c2ccccc2oc1=O. The van der Waals surface area contributed by atoms with E-state index in [4.69, 9.17) is 4.42 Å². The van der Waals surface area contributed by atoms with E-state index in [2.05, 4.69) is 0 Å². The highest BCUT2D eigenvalue weighted by Crippen LogP contribution is 2.38. The average Bonchev–Trinajstić information content (AvgIpc) is 2.64. The minimum Gasteiger partial charge on any atom is -0.507 e. The second-order valence-electron chi connectivity index (χ2n) is 7.02. The molecule has 5 heteroatoms. The number of ketones is 1. The van der Waals surface area contributed by atoms with Crippen LogP contribution in [-0.2, 0) is 4.79 Å². The van der Waals surface area contributed by atoms with Gasteiger partial charge in [0.15, 0.2) is 0 Å². The first-order chi connectivity index (χ1) is 12.9. The molecule has 2 atom stereocenters. The van der Waals surface area contributed by atoms with Crippen molar-refractivity contribution in [2.24, 2.45) is 5.92 Å². The van der Waals surface area contributed by atoms with Crippen molar-refractivity contribution in [2.75, 3.05) is 20.6 Å². The maximum absolute atomic E-state index is 12.8. The molecule has 3 aromatic rings. The molecular weight excluding hydrogens is 342 g/mol. The third kappa shape index (κ3) is 3.78. The summed E-state index contributed by atoms with van der Waals surface area (Å²) in [7, 11) is 3.75. The van der Waals surface area contributed by atoms with Gasteiger partial charge in [-0.25, -0.2) is 4.79 Å². The topological polar surface area (TPSA) is 70.8 Å². The van der Waals surface area contributed by atoms with Crippen molar-refractivity contribution in [1.29, 1.82) is 0 Å². The number of fused-ring (bicyclic) bond motifs is 1. The van der Waals surface area contributed by atoms with Gasteiger partial charge in [-0.15, -0.1) is 0 Å². The van der Waals surface area contributed by atoms with Gasteiger partial charge < -0.3 is 14.4 Å². The lowest BCUT2D eigenvalue weighted by molar-refractivity contribution is -0.121. The number of hydrogen-bond acceptors (Lipinski definition) is 5. The van der Waals surface area contributed by atoms with Crippen LogP contribution < -0.4 is 5.63 Å². The summed E-state index contributed by atoms with van der Waals surface area (Å²) in [5.41, 5.74) is 0.618. The number of para-hydroxylation sites is 1. The quantitative estimate of drug-likeness (QED) is 0.678. The molecule has 3 rings (SSSR count). The van der Waals surface area contributed by atoms with Gasteiger partial charge >= 0.3 is 5.63 Å². The Kier molecular flexibility index (Phi) is 5.42. The van der Waals surface area contributed by atoms with E-state index in [1.54, 1.807) is 24.3 Å². The van der Waals surface area contributed by atoms with E-state index < -0.39 is 17.5 Å². The lowest BCUT2D eigenvalue weighted by atomic mass is 9.78. The summed E-state index contributed by atoms with van der Waals surface area (Å²) >= 11 is 0. The summed E-state index contributed by atoms with van der Waals surface area (Å²) in [6.45, 7) is 1.96. The fraction of sp³-hybridized carbons (Fsp3) is 0.273. The van der Waals surface area contributed by atoms with E-state index >= 15 is 0 Å². The Morgan fingerprint density at radius 2 is 1.70 bits per heavy atom. The fourth-order valence-electron chi connectivity index (χ4n) is 3.54. The van der Waals surface area contributed by atoms with Crippen LogP contribution in [0.5, 0.6) is 5.75 Å². The summed E-state index contributed by atoms with van der Waals surface area (Å²) in [6, 6.07) is 16.2. The zero-order valence-electron chi connectivity index (χ0n) is 15.7. The molecule has 0 aliphatic carbocycles. The Morgan fingerprint density at radius 1 is 1.07 bits per heavy atom. The predicted octanol–water partition coefficient (Wildman–Crippen LogP) is 3.40. The van der Waals surface area contributed by atoms with E-state index in [1.807, 2.05) is 49.3 Å². The first-order valence-corrected chi connectivity index (χ1v) is 8.85. The highest BCUT2D eigenvalue weighted by molar-refractivity contribution is 5.85. The van der Waals surface area contributed by atoms with Crippen LogP contribution in [0.25, 0.3) is 11.0 Å². The first kappa shape index (κ1) is 18.9. The lowest BCUT2D eigenvalue weighted by Gasteiger charge is -2.28. The van der Waals surface area contributed by atoms with E-state index in [-0.39, 0.29) is 17.1 Å². The van der Waals surface area contributed by atoms with Crippen molar-refractivity contribution < 1.29 is 14.3 Å². The molecule has 1 N–H and O–H groups in total. The molecule has 0 saturated carbocycles. The van der Waals surface area contributed by atoms with E-state index in [1.165, 1.54) is 6.92 Å². The molecule has 1 aromatic heterocycles. The molecule has 5 nitrogen and oxygen atoms in total. The summed E-state index contributed by atoms with van der Waals surface area (Å²) < 4.78 is 5.47. The molecular formula is C22H23NO4. The van der Waals surface area contributed by atoms with Gasteiger partial charge in [-0.05, 0) is 38.7 Å². The molecule has 0 aliphatic rings. The van der Waals surface area contributed by atoms with Crippen LogP contribution >= 0.6 is 0 Å². The number of carbonyl (C=O) groups is 1. The molecule has 0 radical (unpaired) electrons. The summed E-state index contributed by atoms with van der Waals surface area (Å²) in [4.78, 5) is 27.2. The number of aromatic hydroxyl groups is 1. The van der Waals surface area contributed by atoms with Crippen LogP contribution in [0.3, 0.4) is 0 Å². The van der Waals surface area contributed by atoms with Gasteiger partial charge in [-0.1, -0.05) is 42.5 Å². The Hall–Kier alpha value is -2.92. The van der Waals surface area contributed by atoms with Gasteiger partial charge in [-0.2, -0.15) is 0 Å². The average molecular weight is 365 g/mol. The largest absolute Gasteiger partial charge is 0.507 e. The Morgan fingerprint density at radius 3 is 2.33 bits per heavy atom. The van der Waals surface area contributed by atoms with Crippen LogP contribution in [0.2, 0.25) is 0 Å². The molecule has 1 heterocycles. The molecule has 2 unspecified atom stereocenters. The summed E-state index contributed by atoms with van der Waals surface area (Å²) in [5.74, 6) is -1.28. The van der Waals surface area contributed by atoms with Crippen molar-refractivity contribution in [3.05, 3.63) is 76.1 Å². The number of Topliss-reactive ketones (excluding diaryl/α,β-unsaturated/α-hetero) is 1. The fourth-order valence-corrected chi connectivity index (χ4v) is 3.54. The minimum atomic E-state index is -0.620. The van der Waals surface area contributed by atoms with Crippen molar-refractivity contribution >= 4 is 16.8 Å². The molecule has 0 saturated heterocycles. The third-order valence-corrected chi connectivity index (χ3v) is 4.78. The van der Waals surface area contributed by atoms with E-state index in [0.29, 0.717) is 17.5 Å². The van der Waals surface area contributed by atoms with Crippen LogP contribution in [0.15, 0.2) is 63.8 Å². The smallest absolute Gasteiger partial charge is 0.343 e. The Bertz CT molecular complexity index is 1010. The number of nitrogens with zero attached hydrogens (tertiary/aromatic N) is 1. The second kappa shape index (κ2) is 7.76. The van der Waals surface area contributed by atoms with Crippen molar-refractivity contribution in [3.63, 3.8) is 0 Å². The number of hydrogen-bond donors (Lipinski definition) is 1. The van der Waals surface area contributed by atoms with Gasteiger partial charge in [0.1, 0.15) is 17.1 Å². The second-order valence-corrected chi connectivity index (χ2v) is 7.02. The molecule has 140 valence electrons. The highest BCUT2D eigenvalue weighted by Gasteiger charge is 2.34.